The Balaban J connectivity index is 0.000000677. The van der Waals surface area contributed by atoms with E-state index in [1.54, 1.807) is 20.8 Å². The average molecular weight is 314 g/mol. The zero-order chi connectivity index (χ0) is 16.2. The summed E-state index contributed by atoms with van der Waals surface area (Å²) < 4.78 is 5.25. The summed E-state index contributed by atoms with van der Waals surface area (Å²) in [6, 6.07) is 0. The van der Waals surface area contributed by atoms with Crippen LogP contribution in [0.1, 0.15) is 61.4 Å². The summed E-state index contributed by atoms with van der Waals surface area (Å²) in [4.78, 5) is 28.9. The lowest BCUT2D eigenvalue weighted by molar-refractivity contribution is 0.0241. The van der Waals surface area contributed by atoms with Crippen molar-refractivity contribution in [3.63, 3.8) is 0 Å². The number of amides is 1. The van der Waals surface area contributed by atoms with Crippen LogP contribution in [-0.2, 0) is 17.8 Å². The number of carboxylic acids is 1. The van der Waals surface area contributed by atoms with Crippen LogP contribution in [0.2, 0.25) is 0 Å². The van der Waals surface area contributed by atoms with Crippen molar-refractivity contribution in [3.05, 3.63) is 15.6 Å². The molecule has 0 radical (unpaired) electrons. The molecule has 0 bridgehead atoms. The van der Waals surface area contributed by atoms with E-state index >= 15 is 0 Å². The zero-order valence-corrected chi connectivity index (χ0v) is 13.9. The molecule has 0 atom stereocenters. The lowest BCUT2D eigenvalue weighted by Crippen LogP contribution is -2.33. The monoisotopic (exact) mass is 314 g/mol. The summed E-state index contributed by atoms with van der Waals surface area (Å²) in [5.41, 5.74) is 0.121. The molecule has 2 rings (SSSR count). The molecule has 1 aliphatic heterocycles. The highest BCUT2D eigenvalue weighted by atomic mass is 32.1. The summed E-state index contributed by atoms with van der Waals surface area (Å²) in [5.74, 6) is -1.03. The van der Waals surface area contributed by atoms with Gasteiger partial charge in [0.25, 0.3) is 0 Å². The number of ether oxygens (including phenoxy) is 1. The highest BCUT2D eigenvalue weighted by molar-refractivity contribution is 7.13. The van der Waals surface area contributed by atoms with Crippen LogP contribution >= 0.6 is 11.3 Å². The predicted molar refractivity (Wildman–Crippen MR) is 80.5 cm³/mol. The molecule has 1 aliphatic rings. The standard InChI is InChI=1S/C11H14N2O4S.C3H8/c1-11(2,3)17-10(16)13-4-6-7(5-13)18-8(12-6)9(14)15;1-3-2/h4-5H2,1-3H3,(H,14,15);3H2,1-2H3. The van der Waals surface area contributed by atoms with Crippen LogP contribution in [0.5, 0.6) is 0 Å². The van der Waals surface area contributed by atoms with Gasteiger partial charge < -0.3 is 9.84 Å². The van der Waals surface area contributed by atoms with E-state index in [4.69, 9.17) is 9.84 Å². The molecule has 6 nitrogen and oxygen atoms in total. The molecule has 1 aromatic rings. The maximum Gasteiger partial charge on any atom is 0.410 e. The maximum atomic E-state index is 11.8. The Morgan fingerprint density at radius 1 is 1.33 bits per heavy atom. The molecule has 0 aromatic carbocycles. The van der Waals surface area contributed by atoms with E-state index in [-0.39, 0.29) is 5.01 Å². The van der Waals surface area contributed by atoms with Crippen molar-refractivity contribution in [2.24, 2.45) is 0 Å². The van der Waals surface area contributed by atoms with Crippen molar-refractivity contribution in [2.75, 3.05) is 0 Å². The second-order valence-electron chi connectivity index (χ2n) is 5.74. The molecule has 0 spiro atoms. The molecule has 118 valence electrons. The fourth-order valence-electron chi connectivity index (χ4n) is 1.59. The Labute approximate surface area is 128 Å². The van der Waals surface area contributed by atoms with E-state index < -0.39 is 17.7 Å². The molecule has 1 amide bonds. The minimum atomic E-state index is -1.03. The zero-order valence-electron chi connectivity index (χ0n) is 13.1. The number of hydrogen-bond acceptors (Lipinski definition) is 5. The van der Waals surface area contributed by atoms with E-state index in [0.717, 1.165) is 16.2 Å². The molecule has 0 fully saturated rings. The fraction of sp³-hybridized carbons (Fsp3) is 0.643. The molecule has 1 N–H and O–H groups in total. The molecule has 2 heterocycles. The van der Waals surface area contributed by atoms with Gasteiger partial charge in [-0.15, -0.1) is 11.3 Å². The molecule has 21 heavy (non-hydrogen) atoms. The third kappa shape index (κ3) is 5.00. The first-order valence-corrected chi connectivity index (χ1v) is 7.69. The minimum Gasteiger partial charge on any atom is -0.476 e. The molecule has 0 unspecified atom stereocenters. The first-order valence-electron chi connectivity index (χ1n) is 6.87. The Bertz CT molecular complexity index is 496. The predicted octanol–water partition coefficient (Wildman–Crippen LogP) is 3.51. The number of carbonyl (C=O) groups is 2. The number of fused-ring (bicyclic) bond motifs is 1. The van der Waals surface area contributed by atoms with Crippen LogP contribution < -0.4 is 0 Å². The SMILES string of the molecule is CC(C)(C)OC(=O)N1Cc2nc(C(=O)O)sc2C1.CCC. The summed E-state index contributed by atoms with van der Waals surface area (Å²) in [7, 11) is 0. The Hall–Kier alpha value is -1.63. The van der Waals surface area contributed by atoms with Gasteiger partial charge in [0.15, 0.2) is 0 Å². The fourth-order valence-corrected chi connectivity index (χ4v) is 2.51. The van der Waals surface area contributed by atoms with Crippen molar-refractivity contribution in [3.8, 4) is 0 Å². The van der Waals surface area contributed by atoms with Gasteiger partial charge in [0, 0.05) is 4.88 Å². The van der Waals surface area contributed by atoms with Crippen molar-refractivity contribution in [1.29, 1.82) is 0 Å². The summed E-state index contributed by atoms with van der Waals surface area (Å²) in [6.45, 7) is 10.3. The van der Waals surface area contributed by atoms with Crippen molar-refractivity contribution in [1.82, 2.24) is 9.88 Å². The van der Waals surface area contributed by atoms with E-state index in [9.17, 15) is 9.59 Å². The number of carboxylic acid groups (broad SMARTS) is 1. The Morgan fingerprint density at radius 3 is 2.33 bits per heavy atom. The number of aromatic nitrogens is 1. The van der Waals surface area contributed by atoms with E-state index in [0.29, 0.717) is 18.8 Å². The van der Waals surface area contributed by atoms with Gasteiger partial charge >= 0.3 is 12.1 Å². The number of carbonyl (C=O) groups excluding carboxylic acids is 1. The van der Waals surface area contributed by atoms with Gasteiger partial charge in [0.2, 0.25) is 5.01 Å². The minimum absolute atomic E-state index is 0.0730. The third-order valence-corrected chi connectivity index (χ3v) is 3.36. The quantitative estimate of drug-likeness (QED) is 0.858. The first-order chi connectivity index (χ1) is 9.67. The van der Waals surface area contributed by atoms with Gasteiger partial charge in [-0.1, -0.05) is 20.3 Å². The first kappa shape index (κ1) is 17.4. The van der Waals surface area contributed by atoms with Crippen LogP contribution in [0.15, 0.2) is 0 Å². The van der Waals surface area contributed by atoms with Gasteiger partial charge in [0.05, 0.1) is 18.8 Å². The van der Waals surface area contributed by atoms with Crippen LogP contribution in [0.25, 0.3) is 0 Å². The second kappa shape index (κ2) is 6.89. The number of aromatic carboxylic acids is 1. The lowest BCUT2D eigenvalue weighted by Gasteiger charge is -2.24. The topological polar surface area (TPSA) is 79.7 Å². The maximum absolute atomic E-state index is 11.8. The average Bonchev–Trinajstić information content (AvgIpc) is 2.84. The van der Waals surface area contributed by atoms with E-state index in [1.165, 1.54) is 11.3 Å². The Kier molecular flexibility index (Phi) is 5.71. The summed E-state index contributed by atoms with van der Waals surface area (Å²) in [5, 5.41) is 8.89. The van der Waals surface area contributed by atoms with Crippen LogP contribution in [-0.4, -0.2) is 32.7 Å². The van der Waals surface area contributed by atoms with E-state index in [1.807, 2.05) is 0 Å². The summed E-state index contributed by atoms with van der Waals surface area (Å²) in [6.07, 6.45) is 0.851. The largest absolute Gasteiger partial charge is 0.476 e. The van der Waals surface area contributed by atoms with Crippen LogP contribution in [0.3, 0.4) is 0 Å². The molecule has 1 aromatic heterocycles. The lowest BCUT2D eigenvalue weighted by atomic mass is 10.2. The molecular formula is C14H22N2O4S. The highest BCUT2D eigenvalue weighted by Gasteiger charge is 2.31. The van der Waals surface area contributed by atoms with Crippen LogP contribution in [0.4, 0.5) is 4.79 Å². The normalized spacial score (nSPS) is 13.3. The van der Waals surface area contributed by atoms with Gasteiger partial charge in [-0.25, -0.2) is 14.6 Å². The van der Waals surface area contributed by atoms with Crippen molar-refractivity contribution < 1.29 is 19.4 Å². The number of thiazole rings is 1. The molecule has 0 aliphatic carbocycles. The van der Waals surface area contributed by atoms with Gasteiger partial charge in [-0.3, -0.25) is 4.90 Å². The van der Waals surface area contributed by atoms with Gasteiger partial charge in [0.1, 0.15) is 5.60 Å². The highest BCUT2D eigenvalue weighted by Crippen LogP contribution is 2.29. The third-order valence-electron chi connectivity index (χ3n) is 2.29. The number of rotatable bonds is 1. The molecule has 7 heteroatoms. The summed E-state index contributed by atoms with van der Waals surface area (Å²) >= 11 is 1.11. The van der Waals surface area contributed by atoms with Crippen molar-refractivity contribution in [2.45, 2.75) is 59.7 Å². The Morgan fingerprint density at radius 2 is 1.90 bits per heavy atom. The van der Waals surface area contributed by atoms with E-state index in [2.05, 4.69) is 18.8 Å². The number of nitrogens with zero attached hydrogens (tertiary/aromatic N) is 2. The smallest absolute Gasteiger partial charge is 0.410 e. The molecule has 0 saturated carbocycles. The van der Waals surface area contributed by atoms with Crippen molar-refractivity contribution >= 4 is 23.4 Å². The van der Waals surface area contributed by atoms with Gasteiger partial charge in [-0.2, -0.15) is 0 Å². The molecule has 0 saturated heterocycles. The van der Waals surface area contributed by atoms with Crippen LogP contribution in [0, 0.1) is 0 Å². The van der Waals surface area contributed by atoms with Gasteiger partial charge in [-0.05, 0) is 20.8 Å². The molecular weight excluding hydrogens is 292 g/mol. The number of hydrogen-bond donors (Lipinski definition) is 1. The second-order valence-corrected chi connectivity index (χ2v) is 6.82.